The Bertz CT molecular complexity index is 2380. The molecule has 0 saturated carbocycles. The molecule has 5 rings (SSSR count). The molecule has 18 heteroatoms. The van der Waals surface area contributed by atoms with E-state index in [1.807, 2.05) is 68.4 Å². The number of hydrogen-bond acceptors (Lipinski definition) is 17. The minimum absolute atomic E-state index is 0.0483. The topological polar surface area (TPSA) is 244 Å². The number of allylic oxidation sites excluding steroid dienone is 6. The Morgan fingerprint density at radius 2 is 1.16 bits per heavy atom. The Morgan fingerprint density at radius 3 is 1.69 bits per heavy atom. The molecule has 0 aromatic heterocycles. The molecule has 5 aliphatic rings. The molecule has 8 bridgehead atoms. The van der Waals surface area contributed by atoms with E-state index in [2.05, 4.69) is 5.32 Å². The fourth-order valence-electron chi connectivity index (χ4n) is 12.5. The summed E-state index contributed by atoms with van der Waals surface area (Å²) in [4.78, 5) is 110. The number of aliphatic carboxylic acids is 1. The lowest BCUT2D eigenvalue weighted by molar-refractivity contribution is -0.147. The number of carboxylic acids is 1. The minimum atomic E-state index is -1.40. The molecule has 0 amide bonds. The van der Waals surface area contributed by atoms with Crippen molar-refractivity contribution in [1.82, 2.24) is 5.32 Å². The maximum atomic E-state index is 14.0. The largest absolute Gasteiger partial charge is 0.481 e. The van der Waals surface area contributed by atoms with E-state index in [0.717, 1.165) is 0 Å². The smallest absolute Gasteiger partial charge is 0.306 e. The number of carboxylic acid groups (broad SMARTS) is 1. The summed E-state index contributed by atoms with van der Waals surface area (Å²) in [5.74, 6) is -5.96. The summed E-state index contributed by atoms with van der Waals surface area (Å²) in [6, 6.07) is -0.914. The SMILES string of the molecule is COC(=O)CC[C@@H]1/C2=C(\C)C3=NC([C@H](CC(=O)OC)[C@@]3(C)CCC(=O)OC)[C@@]3(C)N=C(/C(C)=C4\N/C(=C\C(=N2)C1(C)C)[C@@](C)(CCC(=O)OC)[C@]4(C)CC(=O)O)[C@@H](CCC(=O)OC)[C@]3(C)CC(=O)OC. The molecule has 0 spiro atoms. The first-order valence-corrected chi connectivity index (χ1v) is 24.0. The van der Waals surface area contributed by atoms with Crippen molar-refractivity contribution in [3.05, 3.63) is 34.3 Å². The zero-order valence-corrected chi connectivity index (χ0v) is 43.8. The third-order valence-corrected chi connectivity index (χ3v) is 17.4. The molecule has 386 valence electrons. The number of carbonyl (C=O) groups excluding carboxylic acids is 6. The first-order chi connectivity index (χ1) is 32.6. The van der Waals surface area contributed by atoms with E-state index in [0.29, 0.717) is 51.8 Å². The summed E-state index contributed by atoms with van der Waals surface area (Å²) in [6.07, 6.45) is 1.78. The van der Waals surface area contributed by atoms with E-state index in [1.54, 1.807) is 0 Å². The van der Waals surface area contributed by atoms with Crippen molar-refractivity contribution >= 4 is 58.9 Å². The van der Waals surface area contributed by atoms with Crippen LogP contribution in [0.2, 0.25) is 0 Å². The number of hydrogen-bond donors (Lipinski definition) is 2. The van der Waals surface area contributed by atoms with Gasteiger partial charge in [0, 0.05) is 105 Å². The molecule has 1 unspecified atom stereocenters. The zero-order valence-electron chi connectivity index (χ0n) is 43.8. The highest BCUT2D eigenvalue weighted by molar-refractivity contribution is 6.10. The van der Waals surface area contributed by atoms with Gasteiger partial charge >= 0.3 is 41.8 Å². The normalized spacial score (nSPS) is 34.6. The molecule has 1 fully saturated rings. The second-order valence-corrected chi connectivity index (χ2v) is 21.2. The Kier molecular flexibility index (Phi) is 16.2. The van der Waals surface area contributed by atoms with E-state index in [1.165, 1.54) is 42.7 Å². The lowest BCUT2D eigenvalue weighted by Gasteiger charge is -2.48. The first-order valence-electron chi connectivity index (χ1n) is 24.0. The van der Waals surface area contributed by atoms with Gasteiger partial charge in [0.2, 0.25) is 0 Å². The van der Waals surface area contributed by atoms with Gasteiger partial charge in [0.05, 0.1) is 73.5 Å². The van der Waals surface area contributed by atoms with Crippen LogP contribution in [-0.2, 0) is 62.0 Å². The van der Waals surface area contributed by atoms with Crippen molar-refractivity contribution < 1.29 is 67.1 Å². The quantitative estimate of drug-likeness (QED) is 0.105. The van der Waals surface area contributed by atoms with Crippen LogP contribution in [0.25, 0.3) is 0 Å². The second-order valence-electron chi connectivity index (χ2n) is 21.2. The molecule has 0 radical (unpaired) electrons. The van der Waals surface area contributed by atoms with Gasteiger partial charge in [-0.15, -0.1) is 0 Å². The van der Waals surface area contributed by atoms with Crippen LogP contribution in [0, 0.1) is 44.8 Å². The summed E-state index contributed by atoms with van der Waals surface area (Å²) in [7, 11) is 7.81. The molecule has 70 heavy (non-hydrogen) atoms. The number of ether oxygens (including phenoxy) is 6. The summed E-state index contributed by atoms with van der Waals surface area (Å²) >= 11 is 0. The molecule has 0 aromatic carbocycles. The van der Waals surface area contributed by atoms with E-state index in [-0.39, 0.29) is 57.8 Å². The predicted octanol–water partition coefficient (Wildman–Crippen LogP) is 6.84. The minimum Gasteiger partial charge on any atom is -0.481 e. The molecular weight excluding hydrogens is 905 g/mol. The van der Waals surface area contributed by atoms with Crippen LogP contribution in [0.15, 0.2) is 49.3 Å². The van der Waals surface area contributed by atoms with Crippen molar-refractivity contribution in [2.75, 3.05) is 42.7 Å². The van der Waals surface area contributed by atoms with Crippen LogP contribution >= 0.6 is 0 Å². The maximum absolute atomic E-state index is 14.0. The van der Waals surface area contributed by atoms with Crippen molar-refractivity contribution in [3.63, 3.8) is 0 Å². The molecule has 5 aliphatic heterocycles. The van der Waals surface area contributed by atoms with E-state index in [9.17, 15) is 38.7 Å². The monoisotopic (exact) mass is 979 g/mol. The fourth-order valence-corrected chi connectivity index (χ4v) is 12.5. The number of esters is 6. The van der Waals surface area contributed by atoms with Crippen LogP contribution in [0.4, 0.5) is 0 Å². The van der Waals surface area contributed by atoms with Gasteiger partial charge in [-0.3, -0.25) is 48.5 Å². The average molecular weight is 979 g/mol. The summed E-state index contributed by atoms with van der Waals surface area (Å²) < 4.78 is 31.4. The van der Waals surface area contributed by atoms with Crippen molar-refractivity contribution in [2.24, 2.45) is 59.8 Å². The Morgan fingerprint density at radius 1 is 0.643 bits per heavy atom. The van der Waals surface area contributed by atoms with Gasteiger partial charge in [-0.05, 0) is 63.7 Å². The van der Waals surface area contributed by atoms with Crippen LogP contribution in [0.1, 0.15) is 133 Å². The number of nitrogens with zero attached hydrogens (tertiary/aromatic N) is 3. The molecule has 2 N–H and O–H groups in total. The highest BCUT2D eigenvalue weighted by Crippen LogP contribution is 2.64. The van der Waals surface area contributed by atoms with Gasteiger partial charge in [-0.25, -0.2) is 0 Å². The van der Waals surface area contributed by atoms with Crippen LogP contribution in [0.3, 0.4) is 0 Å². The third kappa shape index (κ3) is 9.47. The molecule has 1 saturated heterocycles. The highest BCUT2D eigenvalue weighted by Gasteiger charge is 2.67. The van der Waals surface area contributed by atoms with Crippen LogP contribution in [0.5, 0.6) is 0 Å². The molecule has 0 aromatic rings. The third-order valence-electron chi connectivity index (χ3n) is 17.4. The van der Waals surface area contributed by atoms with Gasteiger partial charge in [0.1, 0.15) is 0 Å². The Balaban J connectivity index is 2.07. The van der Waals surface area contributed by atoms with Crippen LogP contribution in [-0.4, -0.2) is 118 Å². The average Bonchev–Trinajstić information content (AvgIpc) is 3.91. The highest BCUT2D eigenvalue weighted by atomic mass is 16.5. The maximum Gasteiger partial charge on any atom is 0.306 e. The number of carbonyl (C=O) groups is 7. The molecular formula is C52H74N4O14. The zero-order chi connectivity index (χ0) is 52.5. The van der Waals surface area contributed by atoms with E-state index < -0.39 is 105 Å². The van der Waals surface area contributed by atoms with Gasteiger partial charge < -0.3 is 38.8 Å². The number of methoxy groups -OCH3 is 6. The van der Waals surface area contributed by atoms with Gasteiger partial charge in [0.15, 0.2) is 0 Å². The molecule has 18 nitrogen and oxygen atoms in total. The number of fused-ring (bicyclic) bond motifs is 6. The standard InChI is InChI=1S/C52H74N4O14/c1-28-42-30(16-18-36(59)65-10)47(3,4)33(53-42)25-34-49(6,23-21-39(62)68-13)51(8,26-35(57)58)45(54-34)29(2)43-31(17-19-37(60)66-11)50(7,27-41(64)70-15)52(9,56-43)46-32(24-40(63)69-14)48(5,44(28)55-46)22-20-38(61)67-12/h25,30-32,46,54H,16-24,26-27H2,1-15H3,(H,57,58)/b34-25-,42-28-,45-29-/t30-,31-,32+,46?,48-,49-,50+,51-,52-/m1/s1. The number of aliphatic imine (C=N–C) groups is 3. The molecule has 9 atom stereocenters. The van der Waals surface area contributed by atoms with Gasteiger partial charge in [-0.2, -0.15) is 0 Å². The first kappa shape index (κ1) is 55.2. The fraction of sp³-hybridized carbons (Fsp3) is 0.692. The molecule has 5 heterocycles. The summed E-state index contributed by atoms with van der Waals surface area (Å²) in [6.45, 7) is 17.4. The van der Waals surface area contributed by atoms with Crippen LogP contribution < -0.4 is 5.32 Å². The lowest BCUT2D eigenvalue weighted by atomic mass is 9.55. The lowest BCUT2D eigenvalue weighted by Crippen LogP contribution is -2.55. The second kappa shape index (κ2) is 20.6. The van der Waals surface area contributed by atoms with Crippen molar-refractivity contribution in [3.8, 4) is 0 Å². The van der Waals surface area contributed by atoms with Crippen molar-refractivity contribution in [2.45, 2.75) is 145 Å². The Hall–Kier alpha value is -5.68. The summed E-state index contributed by atoms with van der Waals surface area (Å²) in [5.41, 5.74) is -2.31. The number of rotatable bonds is 18. The van der Waals surface area contributed by atoms with Gasteiger partial charge in [-0.1, -0.05) is 41.5 Å². The summed E-state index contributed by atoms with van der Waals surface area (Å²) in [5, 5.41) is 14.5. The van der Waals surface area contributed by atoms with E-state index >= 15 is 0 Å². The van der Waals surface area contributed by atoms with Gasteiger partial charge in [0.25, 0.3) is 0 Å². The predicted molar refractivity (Wildman–Crippen MR) is 258 cm³/mol. The number of nitrogens with one attached hydrogen (secondary N) is 1. The van der Waals surface area contributed by atoms with Crippen molar-refractivity contribution in [1.29, 1.82) is 0 Å². The Labute approximate surface area is 411 Å². The van der Waals surface area contributed by atoms with E-state index in [4.69, 9.17) is 43.4 Å². The molecule has 0 aliphatic carbocycles.